The Morgan fingerprint density at radius 3 is 2.71 bits per heavy atom. The van der Waals surface area contributed by atoms with Crippen LogP contribution >= 0.6 is 0 Å². The Bertz CT molecular complexity index is 444. The molecular weight excluding hydrogens is 267 g/mol. The highest BCUT2D eigenvalue weighted by Crippen LogP contribution is 2.26. The molecule has 1 saturated heterocycles. The zero-order valence-electron chi connectivity index (χ0n) is 13.4. The van der Waals surface area contributed by atoms with E-state index in [2.05, 4.69) is 31.1 Å². The summed E-state index contributed by atoms with van der Waals surface area (Å²) >= 11 is 0. The summed E-state index contributed by atoms with van der Waals surface area (Å²) in [7, 11) is 2.11. The summed E-state index contributed by atoms with van der Waals surface area (Å²) in [5, 5.41) is 3.41. The van der Waals surface area contributed by atoms with Crippen LogP contribution in [0.3, 0.4) is 0 Å². The highest BCUT2D eigenvalue weighted by molar-refractivity contribution is 5.54. The third-order valence-corrected chi connectivity index (χ3v) is 4.03. The van der Waals surface area contributed by atoms with Crippen molar-refractivity contribution in [2.75, 3.05) is 31.7 Å². The number of nitrogens with one attached hydrogen (secondary N) is 1. The maximum Gasteiger partial charge on any atom is 0.123 e. The first-order valence-electron chi connectivity index (χ1n) is 7.87. The fraction of sp³-hybridized carbons (Fsp3) is 0.647. The van der Waals surface area contributed by atoms with Gasteiger partial charge in [-0.05, 0) is 49.1 Å². The second kappa shape index (κ2) is 7.76. The van der Waals surface area contributed by atoms with Crippen LogP contribution in [0.5, 0.6) is 0 Å². The molecule has 0 aromatic heterocycles. The zero-order chi connectivity index (χ0) is 15.2. The van der Waals surface area contributed by atoms with Crippen molar-refractivity contribution in [2.45, 2.75) is 39.3 Å². The largest absolute Gasteiger partial charge is 0.381 e. The maximum absolute atomic E-state index is 13.6. The Morgan fingerprint density at radius 2 is 2.05 bits per heavy atom. The lowest BCUT2D eigenvalue weighted by atomic mass is 10.0. The van der Waals surface area contributed by atoms with Gasteiger partial charge in [0.15, 0.2) is 0 Å². The fourth-order valence-corrected chi connectivity index (χ4v) is 2.80. The van der Waals surface area contributed by atoms with Gasteiger partial charge < -0.3 is 15.0 Å². The lowest BCUT2D eigenvalue weighted by molar-refractivity contribution is 0.0854. The van der Waals surface area contributed by atoms with Crippen molar-refractivity contribution < 1.29 is 9.13 Å². The molecule has 0 spiro atoms. The monoisotopic (exact) mass is 294 g/mol. The summed E-state index contributed by atoms with van der Waals surface area (Å²) < 4.78 is 19.0. The van der Waals surface area contributed by atoms with Gasteiger partial charge in [0.2, 0.25) is 0 Å². The summed E-state index contributed by atoms with van der Waals surface area (Å²) in [6, 6.07) is 5.58. The van der Waals surface area contributed by atoms with E-state index in [1.807, 2.05) is 6.07 Å². The molecular formula is C17H27FN2O. The van der Waals surface area contributed by atoms with Crippen LogP contribution in [0.1, 0.15) is 32.3 Å². The Kier molecular flexibility index (Phi) is 6.00. The molecule has 1 aliphatic heterocycles. The van der Waals surface area contributed by atoms with E-state index in [-0.39, 0.29) is 5.82 Å². The van der Waals surface area contributed by atoms with Gasteiger partial charge in [0.25, 0.3) is 0 Å². The van der Waals surface area contributed by atoms with E-state index in [4.69, 9.17) is 4.74 Å². The third kappa shape index (κ3) is 4.68. The molecule has 0 radical (unpaired) electrons. The molecule has 1 heterocycles. The summed E-state index contributed by atoms with van der Waals surface area (Å²) in [6.07, 6.45) is 2.07. The number of nitrogens with zero attached hydrogens (tertiary/aromatic N) is 1. The predicted octanol–water partition coefficient (Wildman–Crippen LogP) is 3.19. The second-order valence-electron chi connectivity index (χ2n) is 6.25. The Labute approximate surface area is 127 Å². The molecule has 1 aliphatic rings. The van der Waals surface area contributed by atoms with Crippen LogP contribution in [0.2, 0.25) is 0 Å². The molecule has 0 saturated carbocycles. The molecule has 4 heteroatoms. The van der Waals surface area contributed by atoms with Gasteiger partial charge >= 0.3 is 0 Å². The molecule has 1 aromatic rings. The molecule has 21 heavy (non-hydrogen) atoms. The Balaban J connectivity index is 2.09. The number of hydrogen-bond acceptors (Lipinski definition) is 3. The Hall–Kier alpha value is -1.13. The summed E-state index contributed by atoms with van der Waals surface area (Å²) in [5.74, 6) is 0.427. The molecule has 2 rings (SSSR count). The van der Waals surface area contributed by atoms with E-state index >= 15 is 0 Å². The van der Waals surface area contributed by atoms with E-state index in [1.54, 1.807) is 12.1 Å². The van der Waals surface area contributed by atoms with Gasteiger partial charge in [-0.3, -0.25) is 0 Å². The SMILES string of the molecule is CC(C)CNCc1cc(F)ccc1N(C)C1CCOCC1. The van der Waals surface area contributed by atoms with Crippen LogP contribution in [0.25, 0.3) is 0 Å². The van der Waals surface area contributed by atoms with Crippen LogP contribution in [0, 0.1) is 11.7 Å². The summed E-state index contributed by atoms with van der Waals surface area (Å²) in [4.78, 5) is 2.29. The highest BCUT2D eigenvalue weighted by atomic mass is 19.1. The van der Waals surface area contributed by atoms with Crippen LogP contribution in [0.4, 0.5) is 10.1 Å². The third-order valence-electron chi connectivity index (χ3n) is 4.03. The van der Waals surface area contributed by atoms with Gasteiger partial charge in [-0.25, -0.2) is 4.39 Å². The van der Waals surface area contributed by atoms with E-state index in [9.17, 15) is 4.39 Å². The molecule has 3 nitrogen and oxygen atoms in total. The van der Waals surface area contributed by atoms with E-state index in [0.29, 0.717) is 18.5 Å². The smallest absolute Gasteiger partial charge is 0.123 e. The lowest BCUT2D eigenvalue weighted by Crippen LogP contribution is -2.37. The zero-order valence-corrected chi connectivity index (χ0v) is 13.4. The van der Waals surface area contributed by atoms with Crippen molar-refractivity contribution >= 4 is 5.69 Å². The number of anilines is 1. The average molecular weight is 294 g/mol. The maximum atomic E-state index is 13.6. The van der Waals surface area contributed by atoms with Gasteiger partial charge in [-0.1, -0.05) is 13.8 Å². The average Bonchev–Trinajstić information content (AvgIpc) is 2.47. The molecule has 1 fully saturated rings. The molecule has 1 N–H and O–H groups in total. The first-order valence-corrected chi connectivity index (χ1v) is 7.87. The van der Waals surface area contributed by atoms with Gasteiger partial charge in [-0.2, -0.15) is 0 Å². The van der Waals surface area contributed by atoms with Gasteiger partial charge in [0.1, 0.15) is 5.82 Å². The molecule has 0 aliphatic carbocycles. The minimum Gasteiger partial charge on any atom is -0.381 e. The van der Waals surface area contributed by atoms with Gasteiger partial charge in [-0.15, -0.1) is 0 Å². The normalized spacial score (nSPS) is 16.4. The van der Waals surface area contributed by atoms with Crippen LogP contribution in [-0.4, -0.2) is 32.8 Å². The second-order valence-corrected chi connectivity index (χ2v) is 6.25. The lowest BCUT2D eigenvalue weighted by Gasteiger charge is -2.34. The van der Waals surface area contributed by atoms with Crippen molar-refractivity contribution in [2.24, 2.45) is 5.92 Å². The summed E-state index contributed by atoms with van der Waals surface area (Å²) in [5.41, 5.74) is 2.16. The first-order chi connectivity index (χ1) is 10.1. The van der Waals surface area contributed by atoms with Crippen molar-refractivity contribution in [1.82, 2.24) is 5.32 Å². The number of rotatable bonds is 6. The molecule has 0 amide bonds. The molecule has 1 aromatic carbocycles. The van der Waals surface area contributed by atoms with Gasteiger partial charge in [0.05, 0.1) is 0 Å². The number of ether oxygens (including phenoxy) is 1. The topological polar surface area (TPSA) is 24.5 Å². The molecule has 0 bridgehead atoms. The standard InChI is InChI=1S/C17H27FN2O/c1-13(2)11-19-12-14-10-15(18)4-5-17(14)20(3)16-6-8-21-9-7-16/h4-5,10,13,16,19H,6-9,11-12H2,1-3H3. The van der Waals surface area contributed by atoms with Crippen LogP contribution < -0.4 is 10.2 Å². The number of benzene rings is 1. The van der Waals surface area contributed by atoms with E-state index in [1.165, 1.54) is 0 Å². The van der Waals surface area contributed by atoms with E-state index in [0.717, 1.165) is 43.9 Å². The Morgan fingerprint density at radius 1 is 1.33 bits per heavy atom. The van der Waals surface area contributed by atoms with Crippen molar-refractivity contribution in [3.8, 4) is 0 Å². The fourth-order valence-electron chi connectivity index (χ4n) is 2.80. The molecule has 0 unspecified atom stereocenters. The highest BCUT2D eigenvalue weighted by Gasteiger charge is 2.20. The number of hydrogen-bond donors (Lipinski definition) is 1. The summed E-state index contributed by atoms with van der Waals surface area (Å²) in [6.45, 7) is 7.63. The molecule has 118 valence electrons. The van der Waals surface area contributed by atoms with E-state index < -0.39 is 0 Å². The first kappa shape index (κ1) is 16.2. The quantitative estimate of drug-likeness (QED) is 0.872. The predicted molar refractivity (Wildman–Crippen MR) is 85.2 cm³/mol. The minimum absolute atomic E-state index is 0.166. The van der Waals surface area contributed by atoms with Crippen molar-refractivity contribution in [3.05, 3.63) is 29.6 Å². The van der Waals surface area contributed by atoms with Gasteiger partial charge in [0, 0.05) is 38.5 Å². The van der Waals surface area contributed by atoms with Crippen LogP contribution in [0.15, 0.2) is 18.2 Å². The minimum atomic E-state index is -0.166. The van der Waals surface area contributed by atoms with Crippen LogP contribution in [-0.2, 0) is 11.3 Å². The van der Waals surface area contributed by atoms with Crippen molar-refractivity contribution in [3.63, 3.8) is 0 Å². The molecule has 0 atom stereocenters. The number of halogens is 1. The van der Waals surface area contributed by atoms with Crippen molar-refractivity contribution in [1.29, 1.82) is 0 Å².